The van der Waals surface area contributed by atoms with Crippen molar-refractivity contribution in [3.05, 3.63) is 45.9 Å². The van der Waals surface area contributed by atoms with Gasteiger partial charge in [-0.1, -0.05) is 38.3 Å². The zero-order valence-corrected chi connectivity index (χ0v) is 16.3. The molecule has 2 amide bonds. The lowest BCUT2D eigenvalue weighted by Gasteiger charge is -2.31. The maximum absolute atomic E-state index is 12.1. The van der Waals surface area contributed by atoms with Crippen LogP contribution in [-0.2, 0) is 0 Å². The van der Waals surface area contributed by atoms with E-state index in [-0.39, 0.29) is 23.7 Å². The molecule has 1 fully saturated rings. The lowest BCUT2D eigenvalue weighted by atomic mass is 9.86. The third kappa shape index (κ3) is 3.76. The number of benzene rings is 1. The summed E-state index contributed by atoms with van der Waals surface area (Å²) in [5.74, 6) is 0.728. The Hall–Kier alpha value is -2.21. The largest absolute Gasteiger partial charge is 0.508 e. The monoisotopic (exact) mass is 383 g/mol. The first-order valence-electron chi connectivity index (χ1n) is 9.78. The van der Waals surface area contributed by atoms with E-state index in [1.54, 1.807) is 23.5 Å². The number of urea groups is 1. The number of hydrogen-bond acceptors (Lipinski definition) is 4. The van der Waals surface area contributed by atoms with Gasteiger partial charge in [-0.2, -0.15) is 0 Å². The van der Waals surface area contributed by atoms with Gasteiger partial charge in [0.25, 0.3) is 0 Å². The van der Waals surface area contributed by atoms with Crippen LogP contribution in [0.2, 0.25) is 0 Å². The highest BCUT2D eigenvalue weighted by molar-refractivity contribution is 7.09. The summed E-state index contributed by atoms with van der Waals surface area (Å²) in [6.07, 6.45) is 7.06. The number of carbonyl (C=O) groups is 1. The minimum absolute atomic E-state index is 0.0559. The minimum Gasteiger partial charge on any atom is -0.508 e. The zero-order chi connectivity index (χ0) is 18.8. The van der Waals surface area contributed by atoms with Crippen molar-refractivity contribution >= 4 is 23.1 Å². The molecule has 1 aromatic carbocycles. The third-order valence-corrected chi connectivity index (χ3v) is 6.61. The highest BCUT2D eigenvalue weighted by Crippen LogP contribution is 2.40. The van der Waals surface area contributed by atoms with E-state index in [4.69, 9.17) is 4.98 Å². The number of phenols is 1. The number of amides is 2. The summed E-state index contributed by atoms with van der Waals surface area (Å²) in [6, 6.07) is 6.53. The second kappa shape index (κ2) is 7.80. The standard InChI is InChI=1S/C21H25N3O2S/c1-2-16-18(20-22-17(12-27-20)13-6-4-3-5-7-13)19(24-21(26)23-16)14-8-10-15(25)11-9-14/h8-13,18-19,25H,2-7H2,1H3,(H,24,26). The normalized spacial score (nSPS) is 23.7. The van der Waals surface area contributed by atoms with E-state index in [1.807, 2.05) is 19.1 Å². The molecule has 0 radical (unpaired) electrons. The molecule has 1 aliphatic heterocycles. The fourth-order valence-electron chi connectivity index (χ4n) is 4.21. The van der Waals surface area contributed by atoms with Crippen molar-refractivity contribution in [2.75, 3.05) is 0 Å². The topological polar surface area (TPSA) is 74.6 Å². The van der Waals surface area contributed by atoms with Crippen molar-refractivity contribution in [1.82, 2.24) is 10.3 Å². The van der Waals surface area contributed by atoms with Crippen molar-refractivity contribution in [3.63, 3.8) is 0 Å². The number of nitrogens with one attached hydrogen (secondary N) is 1. The van der Waals surface area contributed by atoms with Gasteiger partial charge in [0.05, 0.1) is 17.7 Å². The molecule has 27 heavy (non-hydrogen) atoms. The van der Waals surface area contributed by atoms with Gasteiger partial charge in [0, 0.05) is 17.0 Å². The van der Waals surface area contributed by atoms with E-state index in [0.717, 1.165) is 16.3 Å². The summed E-state index contributed by atoms with van der Waals surface area (Å²) < 4.78 is 0. The summed E-state index contributed by atoms with van der Waals surface area (Å²) in [6.45, 7) is 2.04. The Morgan fingerprint density at radius 2 is 1.93 bits per heavy atom. The molecule has 2 N–H and O–H groups in total. The molecule has 142 valence electrons. The van der Waals surface area contributed by atoms with Gasteiger partial charge in [-0.25, -0.2) is 14.8 Å². The van der Waals surface area contributed by atoms with Gasteiger partial charge < -0.3 is 10.4 Å². The molecule has 0 bridgehead atoms. The van der Waals surface area contributed by atoms with E-state index >= 15 is 0 Å². The van der Waals surface area contributed by atoms with Crippen molar-refractivity contribution < 1.29 is 9.90 Å². The van der Waals surface area contributed by atoms with Gasteiger partial charge in [0.2, 0.25) is 0 Å². The van der Waals surface area contributed by atoms with Gasteiger partial charge in [0.1, 0.15) is 10.8 Å². The fourth-order valence-corrected chi connectivity index (χ4v) is 5.28. The molecule has 2 aromatic rings. The molecule has 0 saturated heterocycles. The van der Waals surface area contributed by atoms with Crippen molar-refractivity contribution in [1.29, 1.82) is 0 Å². The van der Waals surface area contributed by atoms with E-state index in [9.17, 15) is 9.90 Å². The highest BCUT2D eigenvalue weighted by atomic mass is 32.1. The summed E-state index contributed by atoms with van der Waals surface area (Å²) >= 11 is 1.68. The second-order valence-corrected chi connectivity index (χ2v) is 8.29. The van der Waals surface area contributed by atoms with E-state index in [0.29, 0.717) is 12.3 Å². The average molecular weight is 384 g/mol. The van der Waals surface area contributed by atoms with Crippen LogP contribution in [0.3, 0.4) is 0 Å². The Balaban J connectivity index is 1.69. The van der Waals surface area contributed by atoms with Crippen molar-refractivity contribution in [2.45, 2.75) is 63.3 Å². The molecule has 2 unspecified atom stereocenters. The SMILES string of the molecule is CCC1=NC(=O)NC(c2ccc(O)cc2)C1c1nc(C2CCCCC2)cs1. The molecular weight excluding hydrogens is 358 g/mol. The van der Waals surface area contributed by atoms with E-state index < -0.39 is 0 Å². The zero-order valence-electron chi connectivity index (χ0n) is 15.5. The Morgan fingerprint density at radius 1 is 1.19 bits per heavy atom. The van der Waals surface area contributed by atoms with Crippen LogP contribution < -0.4 is 5.32 Å². The predicted molar refractivity (Wildman–Crippen MR) is 108 cm³/mol. The van der Waals surface area contributed by atoms with Gasteiger partial charge in [-0.15, -0.1) is 11.3 Å². The van der Waals surface area contributed by atoms with Gasteiger partial charge in [0.15, 0.2) is 0 Å². The van der Waals surface area contributed by atoms with Gasteiger partial charge >= 0.3 is 6.03 Å². The summed E-state index contributed by atoms with van der Waals surface area (Å²) in [4.78, 5) is 21.4. The molecule has 2 heterocycles. The maximum atomic E-state index is 12.1. The van der Waals surface area contributed by atoms with Crippen LogP contribution >= 0.6 is 11.3 Å². The number of carbonyl (C=O) groups excluding carboxylic acids is 1. The summed E-state index contributed by atoms with van der Waals surface area (Å²) in [5, 5.41) is 15.8. The van der Waals surface area contributed by atoms with Crippen LogP contribution in [0.1, 0.15) is 79.6 Å². The van der Waals surface area contributed by atoms with Crippen LogP contribution in [0.4, 0.5) is 4.79 Å². The number of hydrogen-bond donors (Lipinski definition) is 2. The summed E-state index contributed by atoms with van der Waals surface area (Å²) in [7, 11) is 0. The molecule has 1 saturated carbocycles. The molecule has 6 heteroatoms. The number of phenolic OH excluding ortho intramolecular Hbond substituents is 1. The lowest BCUT2D eigenvalue weighted by Crippen LogP contribution is -2.39. The number of rotatable bonds is 4. The summed E-state index contributed by atoms with van der Waals surface area (Å²) in [5.41, 5.74) is 3.04. The Kier molecular flexibility index (Phi) is 5.25. The number of aromatic nitrogens is 1. The first-order chi connectivity index (χ1) is 13.2. The Labute approximate surface area is 163 Å². The van der Waals surface area contributed by atoms with Crippen LogP contribution in [0.15, 0.2) is 34.6 Å². The van der Waals surface area contributed by atoms with Gasteiger partial charge in [-0.3, -0.25) is 0 Å². The quantitative estimate of drug-likeness (QED) is 0.753. The molecule has 1 aliphatic carbocycles. The van der Waals surface area contributed by atoms with Gasteiger partial charge in [-0.05, 0) is 37.0 Å². The second-order valence-electron chi connectivity index (χ2n) is 7.40. The number of nitrogens with zero attached hydrogens (tertiary/aromatic N) is 2. The maximum Gasteiger partial charge on any atom is 0.341 e. The molecule has 2 atom stereocenters. The van der Waals surface area contributed by atoms with E-state index in [1.165, 1.54) is 37.8 Å². The minimum atomic E-state index is -0.301. The Morgan fingerprint density at radius 3 is 2.63 bits per heavy atom. The number of thiazole rings is 1. The third-order valence-electron chi connectivity index (χ3n) is 5.66. The lowest BCUT2D eigenvalue weighted by molar-refractivity contribution is 0.242. The first-order valence-corrected chi connectivity index (χ1v) is 10.7. The number of aromatic hydroxyl groups is 1. The fraction of sp³-hybridized carbons (Fsp3) is 0.476. The first kappa shape index (κ1) is 18.2. The average Bonchev–Trinajstić information content (AvgIpc) is 3.18. The predicted octanol–water partition coefficient (Wildman–Crippen LogP) is 5.30. The van der Waals surface area contributed by atoms with Crippen LogP contribution in [0.5, 0.6) is 5.75 Å². The Bertz CT molecular complexity index is 837. The molecule has 1 aromatic heterocycles. The van der Waals surface area contributed by atoms with Crippen LogP contribution in [-0.4, -0.2) is 21.8 Å². The van der Waals surface area contributed by atoms with E-state index in [2.05, 4.69) is 15.7 Å². The van der Waals surface area contributed by atoms with Crippen molar-refractivity contribution in [3.8, 4) is 5.75 Å². The molecule has 0 spiro atoms. The van der Waals surface area contributed by atoms with Crippen LogP contribution in [0, 0.1) is 0 Å². The van der Waals surface area contributed by atoms with Crippen molar-refractivity contribution in [2.24, 2.45) is 4.99 Å². The molecular formula is C21H25N3O2S. The van der Waals surface area contributed by atoms with Crippen LogP contribution in [0.25, 0.3) is 0 Å². The molecule has 4 rings (SSSR count). The number of aliphatic imine (C=N–C) groups is 1. The molecule has 5 nitrogen and oxygen atoms in total. The molecule has 2 aliphatic rings. The highest BCUT2D eigenvalue weighted by Gasteiger charge is 2.36. The smallest absolute Gasteiger partial charge is 0.341 e.